The normalized spacial score (nSPS) is 17.5. The summed E-state index contributed by atoms with van der Waals surface area (Å²) < 4.78 is 7.89. The van der Waals surface area contributed by atoms with Gasteiger partial charge >= 0.3 is 0 Å². The molecule has 1 saturated heterocycles. The van der Waals surface area contributed by atoms with Crippen LogP contribution >= 0.6 is 0 Å². The van der Waals surface area contributed by atoms with Crippen LogP contribution in [0.5, 0.6) is 0 Å². The lowest BCUT2D eigenvalue weighted by Crippen LogP contribution is -2.32. The summed E-state index contributed by atoms with van der Waals surface area (Å²) in [7, 11) is 2.01. The van der Waals surface area contributed by atoms with Crippen LogP contribution in [0.4, 0.5) is 0 Å². The summed E-state index contributed by atoms with van der Waals surface area (Å²) >= 11 is 0. The maximum absolute atomic E-state index is 11.6. The van der Waals surface area contributed by atoms with E-state index in [0.29, 0.717) is 6.10 Å². The Hall–Kier alpha value is -1.91. The van der Waals surface area contributed by atoms with Gasteiger partial charge in [0.1, 0.15) is 0 Å². The minimum Gasteiger partial charge on any atom is -0.377 e. The molecule has 0 saturated carbocycles. The van der Waals surface area contributed by atoms with Crippen molar-refractivity contribution in [2.24, 2.45) is 7.05 Å². The Morgan fingerprint density at radius 3 is 2.71 bits per heavy atom. The van der Waals surface area contributed by atoms with Gasteiger partial charge in [-0.25, -0.2) is 0 Å². The Kier molecular flexibility index (Phi) is 5.48. The van der Waals surface area contributed by atoms with E-state index >= 15 is 0 Å². The number of carbonyl (C=O) groups excluding carboxylic acids is 1. The summed E-state index contributed by atoms with van der Waals surface area (Å²) in [5, 5.41) is 0. The highest BCUT2D eigenvalue weighted by Crippen LogP contribution is 2.18. The van der Waals surface area contributed by atoms with Crippen molar-refractivity contribution in [1.82, 2.24) is 9.47 Å². The van der Waals surface area contributed by atoms with Crippen molar-refractivity contribution in [2.75, 3.05) is 13.2 Å². The average Bonchev–Trinajstić information content (AvgIpc) is 3.19. The van der Waals surface area contributed by atoms with Gasteiger partial charge in [-0.2, -0.15) is 0 Å². The van der Waals surface area contributed by atoms with Gasteiger partial charge in [0.2, 0.25) is 0 Å². The molecule has 1 aromatic carbocycles. The second kappa shape index (κ2) is 7.77. The first-order chi connectivity index (χ1) is 11.6. The van der Waals surface area contributed by atoms with Crippen LogP contribution in [-0.2, 0) is 24.9 Å². The minimum atomic E-state index is 0.116. The molecule has 0 bridgehead atoms. The number of hydrogen-bond donors (Lipinski definition) is 0. The maximum Gasteiger partial charge on any atom is 0.161 e. The lowest BCUT2D eigenvalue weighted by atomic mass is 10.1. The first-order valence-corrected chi connectivity index (χ1v) is 8.66. The predicted octanol–water partition coefficient (Wildman–Crippen LogP) is 3.41. The first kappa shape index (κ1) is 16.9. The summed E-state index contributed by atoms with van der Waals surface area (Å²) in [4.78, 5) is 14.0. The van der Waals surface area contributed by atoms with Gasteiger partial charge in [0.25, 0.3) is 0 Å². The topological polar surface area (TPSA) is 34.5 Å². The fourth-order valence-corrected chi connectivity index (χ4v) is 3.29. The molecule has 1 aliphatic rings. The van der Waals surface area contributed by atoms with Crippen LogP contribution in [0.25, 0.3) is 0 Å². The van der Waals surface area contributed by atoms with E-state index < -0.39 is 0 Å². The van der Waals surface area contributed by atoms with Gasteiger partial charge in [-0.15, -0.1) is 0 Å². The Balaban J connectivity index is 1.74. The van der Waals surface area contributed by atoms with Crippen molar-refractivity contribution in [3.05, 3.63) is 59.4 Å². The van der Waals surface area contributed by atoms with Gasteiger partial charge in [0.15, 0.2) is 5.78 Å². The fourth-order valence-electron chi connectivity index (χ4n) is 3.29. The number of nitrogens with zero attached hydrogens (tertiary/aromatic N) is 2. The molecule has 0 aliphatic carbocycles. The van der Waals surface area contributed by atoms with E-state index in [1.165, 1.54) is 5.56 Å². The van der Waals surface area contributed by atoms with Crippen LogP contribution in [0.1, 0.15) is 41.4 Å². The Morgan fingerprint density at radius 2 is 2.08 bits per heavy atom. The molecule has 24 heavy (non-hydrogen) atoms. The van der Waals surface area contributed by atoms with E-state index in [9.17, 15) is 4.79 Å². The number of hydrogen-bond acceptors (Lipinski definition) is 3. The third-order valence-corrected chi connectivity index (χ3v) is 4.63. The molecule has 2 aromatic rings. The number of aryl methyl sites for hydroxylation is 1. The zero-order chi connectivity index (χ0) is 16.9. The predicted molar refractivity (Wildman–Crippen MR) is 94.9 cm³/mol. The molecular weight excluding hydrogens is 300 g/mol. The molecule has 1 atom stereocenters. The number of ketones is 1. The highest BCUT2D eigenvalue weighted by atomic mass is 16.5. The highest BCUT2D eigenvalue weighted by molar-refractivity contribution is 5.94. The zero-order valence-electron chi connectivity index (χ0n) is 14.6. The summed E-state index contributed by atoms with van der Waals surface area (Å²) in [6, 6.07) is 12.5. The van der Waals surface area contributed by atoms with Crippen molar-refractivity contribution in [3.8, 4) is 0 Å². The second-order valence-corrected chi connectivity index (χ2v) is 6.68. The molecule has 0 N–H and O–H groups in total. The van der Waals surface area contributed by atoms with Crippen molar-refractivity contribution >= 4 is 5.78 Å². The van der Waals surface area contributed by atoms with Crippen LogP contribution < -0.4 is 0 Å². The van der Waals surface area contributed by atoms with E-state index in [4.69, 9.17) is 4.74 Å². The summed E-state index contributed by atoms with van der Waals surface area (Å²) in [6.07, 6.45) is 4.53. The van der Waals surface area contributed by atoms with Crippen LogP contribution in [0.3, 0.4) is 0 Å². The molecule has 128 valence electrons. The average molecular weight is 326 g/mol. The van der Waals surface area contributed by atoms with Gasteiger partial charge in [-0.3, -0.25) is 9.69 Å². The van der Waals surface area contributed by atoms with Gasteiger partial charge in [-0.05, 0) is 31.4 Å². The van der Waals surface area contributed by atoms with Crippen LogP contribution in [0.15, 0.2) is 42.6 Å². The quantitative estimate of drug-likeness (QED) is 0.731. The molecule has 1 fully saturated rings. The lowest BCUT2D eigenvalue weighted by Gasteiger charge is -2.25. The highest BCUT2D eigenvalue weighted by Gasteiger charge is 2.20. The summed E-state index contributed by atoms with van der Waals surface area (Å²) in [5.74, 6) is 0.116. The third-order valence-electron chi connectivity index (χ3n) is 4.63. The minimum absolute atomic E-state index is 0.116. The van der Waals surface area contributed by atoms with E-state index in [0.717, 1.165) is 50.3 Å². The number of carbonyl (C=O) groups is 1. The molecule has 3 rings (SSSR count). The van der Waals surface area contributed by atoms with Crippen LogP contribution in [-0.4, -0.2) is 34.5 Å². The summed E-state index contributed by atoms with van der Waals surface area (Å²) in [6.45, 7) is 5.13. The number of aromatic nitrogens is 1. The third kappa shape index (κ3) is 4.34. The molecule has 1 aliphatic heterocycles. The number of rotatable bonds is 7. The summed E-state index contributed by atoms with van der Waals surface area (Å²) in [5.41, 5.74) is 3.25. The standard InChI is InChI=1S/C20H26N2O2/c1-16(23)18-11-19(21(2)13-18)14-22(15-20-9-6-10-24-20)12-17-7-4-3-5-8-17/h3-5,7-8,11,13,20H,6,9-10,12,14-15H2,1-2H3. The number of Topliss-reactive ketones (excluding diaryl/α,β-unsaturated/α-hetero) is 1. The Bertz CT molecular complexity index is 672. The molecule has 1 aromatic heterocycles. The molecule has 4 nitrogen and oxygen atoms in total. The van der Waals surface area contributed by atoms with E-state index in [1.54, 1.807) is 6.92 Å². The smallest absolute Gasteiger partial charge is 0.161 e. The molecule has 4 heteroatoms. The largest absolute Gasteiger partial charge is 0.377 e. The molecular formula is C20H26N2O2. The van der Waals surface area contributed by atoms with Crippen molar-refractivity contribution < 1.29 is 9.53 Å². The maximum atomic E-state index is 11.6. The molecule has 2 heterocycles. The van der Waals surface area contributed by atoms with Gasteiger partial charge in [-0.1, -0.05) is 30.3 Å². The molecule has 1 unspecified atom stereocenters. The SMILES string of the molecule is CC(=O)c1cc(CN(Cc2ccccc2)CC2CCCO2)n(C)c1. The van der Waals surface area contributed by atoms with Gasteiger partial charge in [0.05, 0.1) is 6.10 Å². The van der Waals surface area contributed by atoms with Crippen molar-refractivity contribution in [3.63, 3.8) is 0 Å². The van der Waals surface area contributed by atoms with Crippen molar-refractivity contribution in [2.45, 2.75) is 39.0 Å². The Labute approximate surface area is 144 Å². The first-order valence-electron chi connectivity index (χ1n) is 8.66. The monoisotopic (exact) mass is 326 g/mol. The van der Waals surface area contributed by atoms with Gasteiger partial charge < -0.3 is 9.30 Å². The van der Waals surface area contributed by atoms with E-state index in [2.05, 4.69) is 33.7 Å². The van der Waals surface area contributed by atoms with Crippen molar-refractivity contribution in [1.29, 1.82) is 0 Å². The van der Waals surface area contributed by atoms with Gasteiger partial charge in [0, 0.05) is 50.7 Å². The van der Waals surface area contributed by atoms with E-state index in [-0.39, 0.29) is 5.78 Å². The molecule has 0 amide bonds. The molecule has 0 spiro atoms. The number of ether oxygens (including phenoxy) is 1. The van der Waals surface area contributed by atoms with E-state index in [1.807, 2.05) is 25.4 Å². The molecule has 0 radical (unpaired) electrons. The number of benzene rings is 1. The van der Waals surface area contributed by atoms with Crippen LogP contribution in [0, 0.1) is 0 Å². The second-order valence-electron chi connectivity index (χ2n) is 6.68. The fraction of sp³-hybridized carbons (Fsp3) is 0.450. The lowest BCUT2D eigenvalue weighted by molar-refractivity contribution is 0.0671. The van der Waals surface area contributed by atoms with Crippen LogP contribution in [0.2, 0.25) is 0 Å². The zero-order valence-corrected chi connectivity index (χ0v) is 14.6. The Morgan fingerprint density at radius 1 is 1.29 bits per heavy atom.